The summed E-state index contributed by atoms with van der Waals surface area (Å²) >= 11 is 0. The van der Waals surface area contributed by atoms with E-state index in [1.807, 2.05) is 30.3 Å². The molecule has 1 aliphatic heterocycles. The molecule has 5 nitrogen and oxygen atoms in total. The number of piperazine rings is 1. The highest BCUT2D eigenvalue weighted by molar-refractivity contribution is 5.67. The lowest BCUT2D eigenvalue weighted by Gasteiger charge is -2.35. The van der Waals surface area contributed by atoms with E-state index >= 15 is 0 Å². The monoisotopic (exact) mass is 304 g/mol. The number of carbonyl (C=O) groups is 1. The van der Waals surface area contributed by atoms with Crippen molar-refractivity contribution in [2.24, 2.45) is 5.41 Å². The zero-order valence-electron chi connectivity index (χ0n) is 12.9. The Morgan fingerprint density at radius 2 is 1.82 bits per heavy atom. The van der Waals surface area contributed by atoms with Crippen LogP contribution in [0.1, 0.15) is 18.4 Å². The molecule has 1 aromatic carbocycles. The van der Waals surface area contributed by atoms with Crippen molar-refractivity contribution in [2.45, 2.75) is 19.4 Å². The van der Waals surface area contributed by atoms with E-state index in [2.05, 4.69) is 4.90 Å². The highest BCUT2D eigenvalue weighted by atomic mass is 16.6. The molecule has 120 valence electrons. The molecule has 0 spiro atoms. The van der Waals surface area contributed by atoms with Crippen LogP contribution < -0.4 is 0 Å². The molecule has 1 saturated carbocycles. The number of amides is 1. The van der Waals surface area contributed by atoms with Crippen molar-refractivity contribution in [3.63, 3.8) is 0 Å². The highest BCUT2D eigenvalue weighted by Crippen LogP contribution is 2.45. The van der Waals surface area contributed by atoms with Crippen LogP contribution in [0.25, 0.3) is 0 Å². The zero-order chi connectivity index (χ0) is 15.4. The number of ether oxygens (including phenoxy) is 1. The topological polar surface area (TPSA) is 53.0 Å². The van der Waals surface area contributed by atoms with Crippen LogP contribution >= 0.6 is 0 Å². The first-order chi connectivity index (χ1) is 10.7. The summed E-state index contributed by atoms with van der Waals surface area (Å²) in [4.78, 5) is 16.2. The maximum absolute atomic E-state index is 12.1. The third-order valence-electron chi connectivity index (χ3n) is 4.69. The summed E-state index contributed by atoms with van der Waals surface area (Å²) in [5.41, 5.74) is 1.16. The van der Waals surface area contributed by atoms with Crippen LogP contribution in [-0.4, -0.2) is 60.3 Å². The third kappa shape index (κ3) is 3.78. The lowest BCUT2D eigenvalue weighted by Crippen LogP contribution is -2.50. The number of rotatable bonds is 5. The molecule has 1 heterocycles. The molecule has 0 atom stereocenters. The van der Waals surface area contributed by atoms with Gasteiger partial charge in [0.1, 0.15) is 6.61 Å². The molecule has 0 aromatic heterocycles. The lowest BCUT2D eigenvalue weighted by atomic mass is 10.1. The van der Waals surface area contributed by atoms with Crippen molar-refractivity contribution < 1.29 is 14.6 Å². The quantitative estimate of drug-likeness (QED) is 0.900. The Hall–Kier alpha value is -1.59. The number of aliphatic hydroxyl groups is 1. The summed E-state index contributed by atoms with van der Waals surface area (Å²) in [5, 5.41) is 9.39. The molecule has 1 amide bonds. The van der Waals surface area contributed by atoms with E-state index < -0.39 is 0 Å². The van der Waals surface area contributed by atoms with Crippen LogP contribution in [0.2, 0.25) is 0 Å². The fourth-order valence-corrected chi connectivity index (χ4v) is 2.92. The lowest BCUT2D eigenvalue weighted by molar-refractivity contribution is 0.0611. The molecule has 3 rings (SSSR count). The molecule has 1 saturated heterocycles. The fraction of sp³-hybridized carbons (Fsp3) is 0.588. The van der Waals surface area contributed by atoms with Crippen LogP contribution in [0.3, 0.4) is 0 Å². The number of nitrogens with zero attached hydrogens (tertiary/aromatic N) is 2. The van der Waals surface area contributed by atoms with Crippen molar-refractivity contribution in [2.75, 3.05) is 39.3 Å². The van der Waals surface area contributed by atoms with Gasteiger partial charge in [0.15, 0.2) is 0 Å². The summed E-state index contributed by atoms with van der Waals surface area (Å²) in [6, 6.07) is 9.74. The predicted octanol–water partition coefficient (Wildman–Crippen LogP) is 1.71. The summed E-state index contributed by atoms with van der Waals surface area (Å²) < 4.78 is 5.37. The van der Waals surface area contributed by atoms with Crippen molar-refractivity contribution in [3.8, 4) is 0 Å². The second kappa shape index (κ2) is 6.67. The van der Waals surface area contributed by atoms with Crippen molar-refractivity contribution in [3.05, 3.63) is 35.9 Å². The van der Waals surface area contributed by atoms with Crippen LogP contribution in [-0.2, 0) is 11.3 Å². The Morgan fingerprint density at radius 1 is 1.14 bits per heavy atom. The molecule has 2 fully saturated rings. The van der Waals surface area contributed by atoms with Crippen molar-refractivity contribution in [1.82, 2.24) is 9.80 Å². The normalized spacial score (nSPS) is 20.7. The minimum absolute atomic E-state index is 0.149. The molecule has 1 aromatic rings. The summed E-state index contributed by atoms with van der Waals surface area (Å²) in [5.74, 6) is 0. The van der Waals surface area contributed by atoms with Gasteiger partial charge in [0.25, 0.3) is 0 Å². The van der Waals surface area contributed by atoms with Crippen LogP contribution in [0, 0.1) is 5.41 Å². The second-order valence-corrected chi connectivity index (χ2v) is 6.46. The molecular weight excluding hydrogens is 280 g/mol. The number of hydrogen-bond acceptors (Lipinski definition) is 4. The van der Waals surface area contributed by atoms with Gasteiger partial charge in [-0.2, -0.15) is 0 Å². The summed E-state index contributed by atoms with van der Waals surface area (Å²) in [6.07, 6.45) is 2.03. The molecule has 0 bridgehead atoms. The average Bonchev–Trinajstić information content (AvgIpc) is 3.34. The zero-order valence-corrected chi connectivity index (χ0v) is 12.9. The number of aliphatic hydroxyl groups excluding tert-OH is 1. The van der Waals surface area contributed by atoms with E-state index in [-0.39, 0.29) is 18.1 Å². The molecule has 1 aliphatic carbocycles. The summed E-state index contributed by atoms with van der Waals surface area (Å²) in [6.45, 7) is 4.70. The minimum Gasteiger partial charge on any atom is -0.445 e. The third-order valence-corrected chi connectivity index (χ3v) is 4.69. The minimum atomic E-state index is -0.230. The van der Waals surface area contributed by atoms with Gasteiger partial charge >= 0.3 is 6.09 Å². The Kier molecular flexibility index (Phi) is 4.64. The van der Waals surface area contributed by atoms with Crippen LogP contribution in [0.15, 0.2) is 30.3 Å². The molecule has 0 radical (unpaired) electrons. The number of hydrogen-bond donors (Lipinski definition) is 1. The molecule has 5 heteroatoms. The standard InChI is InChI=1S/C17H24N2O3/c20-14-17(6-7-17)13-18-8-10-19(11-9-18)16(21)22-12-15-4-2-1-3-5-15/h1-5,20H,6-14H2. The van der Waals surface area contributed by atoms with E-state index in [1.54, 1.807) is 4.90 Å². The molecule has 0 unspecified atom stereocenters. The number of carbonyl (C=O) groups excluding carboxylic acids is 1. The first-order valence-corrected chi connectivity index (χ1v) is 8.00. The highest BCUT2D eigenvalue weighted by Gasteiger charge is 2.43. The van der Waals surface area contributed by atoms with Crippen LogP contribution in [0.4, 0.5) is 4.79 Å². The Bertz CT molecular complexity index is 494. The summed E-state index contributed by atoms with van der Waals surface area (Å²) in [7, 11) is 0. The molecule has 22 heavy (non-hydrogen) atoms. The molecule has 1 N–H and O–H groups in total. The first-order valence-electron chi connectivity index (χ1n) is 8.00. The Balaban J connectivity index is 1.40. The second-order valence-electron chi connectivity index (χ2n) is 6.46. The van der Waals surface area contributed by atoms with Gasteiger partial charge in [0, 0.05) is 44.7 Å². The smallest absolute Gasteiger partial charge is 0.410 e. The Labute approximate surface area is 131 Å². The van der Waals surface area contributed by atoms with E-state index in [0.29, 0.717) is 19.7 Å². The largest absolute Gasteiger partial charge is 0.445 e. The Morgan fingerprint density at radius 3 is 2.41 bits per heavy atom. The fourth-order valence-electron chi connectivity index (χ4n) is 2.92. The average molecular weight is 304 g/mol. The maximum Gasteiger partial charge on any atom is 0.410 e. The van der Waals surface area contributed by atoms with E-state index in [1.165, 1.54) is 0 Å². The van der Waals surface area contributed by atoms with Gasteiger partial charge in [-0.3, -0.25) is 4.90 Å². The molecule has 2 aliphatic rings. The molecular formula is C17H24N2O3. The predicted molar refractivity (Wildman–Crippen MR) is 83.4 cm³/mol. The maximum atomic E-state index is 12.1. The van der Waals surface area contributed by atoms with Gasteiger partial charge in [-0.05, 0) is 18.4 Å². The van der Waals surface area contributed by atoms with Gasteiger partial charge in [0.05, 0.1) is 0 Å². The van der Waals surface area contributed by atoms with Crippen LogP contribution in [0.5, 0.6) is 0 Å². The number of benzene rings is 1. The van der Waals surface area contributed by atoms with Crippen molar-refractivity contribution >= 4 is 6.09 Å². The van der Waals surface area contributed by atoms with Gasteiger partial charge in [-0.1, -0.05) is 30.3 Å². The van der Waals surface area contributed by atoms with Gasteiger partial charge < -0.3 is 14.7 Å². The van der Waals surface area contributed by atoms with E-state index in [4.69, 9.17) is 4.74 Å². The van der Waals surface area contributed by atoms with E-state index in [9.17, 15) is 9.90 Å². The first kappa shape index (κ1) is 15.3. The SMILES string of the molecule is O=C(OCc1ccccc1)N1CCN(CC2(CO)CC2)CC1. The van der Waals surface area contributed by atoms with Gasteiger partial charge in [0.2, 0.25) is 0 Å². The van der Waals surface area contributed by atoms with E-state index in [0.717, 1.165) is 38.0 Å². The van der Waals surface area contributed by atoms with Gasteiger partial charge in [-0.15, -0.1) is 0 Å². The van der Waals surface area contributed by atoms with Gasteiger partial charge in [-0.25, -0.2) is 4.79 Å². The van der Waals surface area contributed by atoms with Crippen molar-refractivity contribution in [1.29, 1.82) is 0 Å².